The number of carbonyl (C=O) groups is 1. The van der Waals surface area contributed by atoms with Gasteiger partial charge in [-0.05, 0) is 57.8 Å². The van der Waals surface area contributed by atoms with Crippen molar-refractivity contribution in [3.05, 3.63) is 60.8 Å². The summed E-state index contributed by atoms with van der Waals surface area (Å²) in [7, 11) is 0. The highest BCUT2D eigenvalue weighted by Gasteiger charge is 2.44. The molecule has 9 heteroatoms. The van der Waals surface area contributed by atoms with Crippen LogP contribution in [0.3, 0.4) is 0 Å². The maximum Gasteiger partial charge on any atom is 0.220 e. The number of amides is 1. The summed E-state index contributed by atoms with van der Waals surface area (Å²) in [4.78, 5) is 13.1. The lowest BCUT2D eigenvalue weighted by Crippen LogP contribution is -2.60. The quantitative estimate of drug-likeness (QED) is 0.0261. The SMILES string of the molecule is CC/C=C\C/C=C\C/C=C\C/C=C\CCCCCCCCCCCCCCC(=O)NC(COC1OC(CO)C(O)C(O)C1O)C(O)/C=C/CCCCCCCCCCCCCCCCCCCCCCCC. The van der Waals surface area contributed by atoms with E-state index in [0.29, 0.717) is 6.42 Å². The molecule has 0 aliphatic carbocycles. The fourth-order valence-electron chi connectivity index (χ4n) is 9.56. The lowest BCUT2D eigenvalue weighted by Gasteiger charge is -2.40. The lowest BCUT2D eigenvalue weighted by atomic mass is 9.99. The summed E-state index contributed by atoms with van der Waals surface area (Å²) < 4.78 is 11.3. The van der Waals surface area contributed by atoms with Crippen LogP contribution in [0.1, 0.15) is 277 Å². The number of rotatable bonds is 52. The van der Waals surface area contributed by atoms with Crippen molar-refractivity contribution < 1.29 is 39.8 Å². The van der Waals surface area contributed by atoms with Crippen molar-refractivity contribution in [3.8, 4) is 0 Å². The fraction of sp³-hybridized carbons (Fsp3) is 0.825. The molecule has 0 aromatic carbocycles. The van der Waals surface area contributed by atoms with E-state index in [1.54, 1.807) is 6.08 Å². The maximum atomic E-state index is 13.1. The monoisotopic (exact) mass is 1010 g/mol. The summed E-state index contributed by atoms with van der Waals surface area (Å²) in [5, 5.41) is 54.6. The molecule has 1 rings (SSSR count). The van der Waals surface area contributed by atoms with Crippen molar-refractivity contribution in [2.45, 2.75) is 320 Å². The van der Waals surface area contributed by atoms with Crippen molar-refractivity contribution in [3.63, 3.8) is 0 Å². The largest absolute Gasteiger partial charge is 0.394 e. The molecule has 6 N–H and O–H groups in total. The summed E-state index contributed by atoms with van der Waals surface area (Å²) >= 11 is 0. The number of nitrogens with one attached hydrogen (secondary N) is 1. The molecule has 1 aliphatic heterocycles. The highest BCUT2D eigenvalue weighted by atomic mass is 16.7. The van der Waals surface area contributed by atoms with Crippen LogP contribution in [0.5, 0.6) is 0 Å². The van der Waals surface area contributed by atoms with E-state index < -0.39 is 49.5 Å². The molecule has 0 aromatic rings. The van der Waals surface area contributed by atoms with Crippen LogP contribution in [0.2, 0.25) is 0 Å². The van der Waals surface area contributed by atoms with E-state index in [0.717, 1.165) is 64.2 Å². The first-order valence-corrected chi connectivity index (χ1v) is 30.5. The molecule has 0 bridgehead atoms. The van der Waals surface area contributed by atoms with Crippen molar-refractivity contribution in [1.82, 2.24) is 5.32 Å². The summed E-state index contributed by atoms with van der Waals surface area (Å²) in [6, 6.07) is -0.809. The van der Waals surface area contributed by atoms with Gasteiger partial charge in [0.1, 0.15) is 24.4 Å². The average Bonchev–Trinajstić information content (AvgIpc) is 3.38. The number of ether oxygens (including phenoxy) is 2. The molecular weight excluding hydrogens is 899 g/mol. The Morgan fingerprint density at radius 1 is 0.486 bits per heavy atom. The molecule has 0 saturated carbocycles. The van der Waals surface area contributed by atoms with Gasteiger partial charge in [0.05, 0.1) is 25.4 Å². The number of aliphatic hydroxyl groups excluding tert-OH is 5. The fourth-order valence-corrected chi connectivity index (χ4v) is 9.56. The Bertz CT molecular complexity index is 1310. The third kappa shape index (κ3) is 41.2. The topological polar surface area (TPSA) is 149 Å². The molecule has 7 unspecified atom stereocenters. The van der Waals surface area contributed by atoms with Crippen LogP contribution in [0.25, 0.3) is 0 Å². The Labute approximate surface area is 443 Å². The number of allylic oxidation sites excluding steroid dienone is 9. The smallest absolute Gasteiger partial charge is 0.220 e. The van der Waals surface area contributed by atoms with E-state index in [-0.39, 0.29) is 12.5 Å². The zero-order valence-electron chi connectivity index (χ0n) is 46.7. The molecule has 72 heavy (non-hydrogen) atoms. The zero-order valence-corrected chi connectivity index (χ0v) is 46.7. The van der Waals surface area contributed by atoms with E-state index in [4.69, 9.17) is 9.47 Å². The number of aliphatic hydroxyl groups is 5. The van der Waals surface area contributed by atoms with Crippen LogP contribution in [0.4, 0.5) is 0 Å². The Hall–Kier alpha value is -2.11. The van der Waals surface area contributed by atoms with Gasteiger partial charge in [-0.25, -0.2) is 0 Å². The predicted octanol–water partition coefficient (Wildman–Crippen LogP) is 15.5. The minimum atomic E-state index is -1.57. The molecule has 1 heterocycles. The highest BCUT2D eigenvalue weighted by molar-refractivity contribution is 5.76. The second kappa shape index (κ2) is 52.3. The van der Waals surface area contributed by atoms with Gasteiger partial charge in [0.15, 0.2) is 6.29 Å². The van der Waals surface area contributed by atoms with Crippen molar-refractivity contribution in [2.75, 3.05) is 13.2 Å². The molecule has 1 fully saturated rings. The van der Waals surface area contributed by atoms with Gasteiger partial charge in [-0.2, -0.15) is 0 Å². The second-order valence-electron chi connectivity index (χ2n) is 21.1. The molecule has 1 saturated heterocycles. The molecule has 0 spiro atoms. The number of carbonyl (C=O) groups excluding carboxylic acids is 1. The van der Waals surface area contributed by atoms with Gasteiger partial charge in [-0.3, -0.25) is 4.79 Å². The lowest BCUT2D eigenvalue weighted by molar-refractivity contribution is -0.302. The van der Waals surface area contributed by atoms with E-state index in [1.165, 1.54) is 193 Å². The molecular formula is C63H115NO8. The van der Waals surface area contributed by atoms with Gasteiger partial charge >= 0.3 is 0 Å². The van der Waals surface area contributed by atoms with E-state index >= 15 is 0 Å². The van der Waals surface area contributed by atoms with Crippen LogP contribution in [0, 0.1) is 0 Å². The van der Waals surface area contributed by atoms with Crippen LogP contribution < -0.4 is 5.32 Å². The average molecular weight is 1010 g/mol. The molecule has 7 atom stereocenters. The van der Waals surface area contributed by atoms with Crippen molar-refractivity contribution in [2.24, 2.45) is 0 Å². The maximum absolute atomic E-state index is 13.1. The summed E-state index contributed by atoms with van der Waals surface area (Å²) in [6.45, 7) is 3.69. The van der Waals surface area contributed by atoms with Gasteiger partial charge < -0.3 is 40.3 Å². The third-order valence-electron chi connectivity index (χ3n) is 14.3. The van der Waals surface area contributed by atoms with Gasteiger partial charge in [-0.15, -0.1) is 0 Å². The van der Waals surface area contributed by atoms with Gasteiger partial charge in [0.2, 0.25) is 5.91 Å². The molecule has 9 nitrogen and oxygen atoms in total. The third-order valence-corrected chi connectivity index (χ3v) is 14.3. The minimum absolute atomic E-state index is 0.178. The van der Waals surface area contributed by atoms with Crippen molar-refractivity contribution in [1.29, 1.82) is 0 Å². The van der Waals surface area contributed by atoms with E-state index in [1.807, 2.05) is 6.08 Å². The van der Waals surface area contributed by atoms with E-state index in [9.17, 15) is 30.3 Å². The summed E-state index contributed by atoms with van der Waals surface area (Å²) in [5.41, 5.74) is 0. The van der Waals surface area contributed by atoms with Gasteiger partial charge in [0, 0.05) is 6.42 Å². The zero-order chi connectivity index (χ0) is 52.2. The second-order valence-corrected chi connectivity index (χ2v) is 21.1. The number of hydrogen-bond donors (Lipinski definition) is 6. The van der Waals surface area contributed by atoms with Crippen LogP contribution >= 0.6 is 0 Å². The molecule has 0 aromatic heterocycles. The number of hydrogen-bond acceptors (Lipinski definition) is 8. The molecule has 1 aliphatic rings. The summed E-state index contributed by atoms with van der Waals surface area (Å²) in [5.74, 6) is -0.178. The Kier molecular flexibility index (Phi) is 49.4. The Morgan fingerprint density at radius 3 is 1.28 bits per heavy atom. The molecule has 1 amide bonds. The highest BCUT2D eigenvalue weighted by Crippen LogP contribution is 2.23. The van der Waals surface area contributed by atoms with Crippen LogP contribution in [-0.4, -0.2) is 87.5 Å². The molecule has 420 valence electrons. The predicted molar refractivity (Wildman–Crippen MR) is 304 cm³/mol. The standard InChI is InChI=1S/C63H115NO8/c1-3-5-7-9-11-13-15-17-19-21-23-25-27-29-31-33-35-37-39-41-43-45-47-49-51-53-59(67)64-56(55-71-63-62(70)61(69)60(68)58(54-65)72-63)57(66)52-50-48-46-44-42-40-38-36-34-32-30-28-26-24-22-20-18-16-14-12-10-8-6-4-2/h5,7,11,13,17,19,23,25,50,52,56-58,60-63,65-66,68-70H,3-4,6,8-10,12,14-16,18,20-22,24,26-49,51,53-55H2,1-2H3,(H,64,67)/b7-5-,13-11-,19-17-,25-23-,52-50+. The normalized spacial score (nSPS) is 19.6. The number of unbranched alkanes of at least 4 members (excludes halogenated alkanes) is 34. The first-order valence-electron chi connectivity index (χ1n) is 30.5. The summed E-state index contributed by atoms with van der Waals surface area (Å²) in [6.07, 6.45) is 64.3. The first kappa shape index (κ1) is 67.9. The van der Waals surface area contributed by atoms with Crippen molar-refractivity contribution >= 4 is 5.91 Å². The minimum Gasteiger partial charge on any atom is -0.394 e. The van der Waals surface area contributed by atoms with Gasteiger partial charge in [-0.1, -0.05) is 274 Å². The Morgan fingerprint density at radius 2 is 0.861 bits per heavy atom. The van der Waals surface area contributed by atoms with E-state index in [2.05, 4.69) is 67.8 Å². The van der Waals surface area contributed by atoms with Gasteiger partial charge in [0.25, 0.3) is 0 Å². The Balaban J connectivity index is 2.21. The van der Waals surface area contributed by atoms with Crippen LogP contribution in [-0.2, 0) is 14.3 Å². The van der Waals surface area contributed by atoms with Crippen LogP contribution in [0.15, 0.2) is 60.8 Å². The molecule has 0 radical (unpaired) electrons. The first-order chi connectivity index (χ1) is 35.3.